The van der Waals surface area contributed by atoms with Crippen LogP contribution in [0.2, 0.25) is 0 Å². The first-order valence-corrected chi connectivity index (χ1v) is 6.83. The summed E-state index contributed by atoms with van der Waals surface area (Å²) in [5.41, 5.74) is 0.779. The maximum Gasteiger partial charge on any atom is 0.275 e. The average molecular weight is 340 g/mol. The predicted octanol–water partition coefficient (Wildman–Crippen LogP) is 1.82. The van der Waals surface area contributed by atoms with Gasteiger partial charge in [-0.15, -0.1) is 10.2 Å². The topological polar surface area (TPSA) is 85.9 Å². The van der Waals surface area contributed by atoms with Crippen LogP contribution in [0.3, 0.4) is 0 Å². The number of aryl methyl sites for hydroxylation is 1. The number of nitro benzene ring substituents is 1. The van der Waals surface area contributed by atoms with E-state index in [1.807, 2.05) is 11.6 Å². The van der Waals surface area contributed by atoms with Gasteiger partial charge >= 0.3 is 0 Å². The van der Waals surface area contributed by atoms with Gasteiger partial charge in [-0.2, -0.15) is 0 Å². The summed E-state index contributed by atoms with van der Waals surface area (Å²) in [6, 6.07) is 5.06. The molecule has 1 aromatic carbocycles. The standard InChI is InChI=1S/C12H14BrN5O2/c1-17-8-15-16-12(17)4-5-14-7-9-2-3-10(13)6-11(9)18(19)20/h2-3,6,8,14H,4-5,7H2,1H3. The molecule has 8 heteroatoms. The van der Waals surface area contributed by atoms with Crippen molar-refractivity contribution >= 4 is 21.6 Å². The summed E-state index contributed by atoms with van der Waals surface area (Å²) < 4.78 is 2.55. The zero-order valence-electron chi connectivity index (χ0n) is 10.9. The van der Waals surface area contributed by atoms with Crippen molar-refractivity contribution in [3.05, 3.63) is 50.5 Å². The van der Waals surface area contributed by atoms with Crippen molar-refractivity contribution in [1.82, 2.24) is 20.1 Å². The lowest BCUT2D eigenvalue weighted by Crippen LogP contribution is -2.18. The van der Waals surface area contributed by atoms with Crippen LogP contribution in [-0.4, -0.2) is 26.2 Å². The molecule has 0 atom stereocenters. The molecule has 0 amide bonds. The number of halogens is 1. The molecule has 1 aromatic heterocycles. The fourth-order valence-electron chi connectivity index (χ4n) is 1.81. The van der Waals surface area contributed by atoms with Gasteiger partial charge in [-0.25, -0.2) is 0 Å². The van der Waals surface area contributed by atoms with Gasteiger partial charge in [0, 0.05) is 42.7 Å². The van der Waals surface area contributed by atoms with Crippen LogP contribution in [-0.2, 0) is 20.0 Å². The van der Waals surface area contributed by atoms with Gasteiger partial charge in [0.25, 0.3) is 5.69 Å². The second-order valence-corrected chi connectivity index (χ2v) is 5.23. The Morgan fingerprint density at radius 2 is 2.30 bits per heavy atom. The first-order chi connectivity index (χ1) is 9.58. The largest absolute Gasteiger partial charge is 0.321 e. The molecule has 0 aliphatic heterocycles. The van der Waals surface area contributed by atoms with Gasteiger partial charge in [-0.1, -0.05) is 15.9 Å². The van der Waals surface area contributed by atoms with E-state index >= 15 is 0 Å². The van der Waals surface area contributed by atoms with Crippen molar-refractivity contribution in [2.75, 3.05) is 6.54 Å². The van der Waals surface area contributed by atoms with E-state index in [1.54, 1.807) is 18.5 Å². The molecule has 0 unspecified atom stereocenters. The molecule has 0 spiro atoms. The molecule has 1 heterocycles. The lowest BCUT2D eigenvalue weighted by molar-refractivity contribution is -0.385. The van der Waals surface area contributed by atoms with Crippen molar-refractivity contribution in [2.24, 2.45) is 7.05 Å². The van der Waals surface area contributed by atoms with Crippen LogP contribution in [0.1, 0.15) is 11.4 Å². The Morgan fingerprint density at radius 3 is 2.95 bits per heavy atom. The summed E-state index contributed by atoms with van der Waals surface area (Å²) in [5.74, 6) is 0.878. The van der Waals surface area contributed by atoms with Gasteiger partial charge in [0.15, 0.2) is 0 Å². The summed E-state index contributed by atoms with van der Waals surface area (Å²) in [7, 11) is 1.88. The zero-order valence-corrected chi connectivity index (χ0v) is 12.5. The minimum Gasteiger partial charge on any atom is -0.321 e. The Balaban J connectivity index is 1.91. The molecule has 0 fully saturated rings. The van der Waals surface area contributed by atoms with Crippen molar-refractivity contribution in [2.45, 2.75) is 13.0 Å². The van der Waals surface area contributed by atoms with Crippen LogP contribution < -0.4 is 5.32 Å². The number of aromatic nitrogens is 3. The Bertz CT molecular complexity index is 614. The van der Waals surface area contributed by atoms with Crippen LogP contribution in [0.4, 0.5) is 5.69 Å². The van der Waals surface area contributed by atoms with Gasteiger partial charge in [-0.3, -0.25) is 10.1 Å². The highest BCUT2D eigenvalue weighted by Crippen LogP contribution is 2.23. The summed E-state index contributed by atoms with van der Waals surface area (Å²) in [4.78, 5) is 10.6. The van der Waals surface area contributed by atoms with Crippen molar-refractivity contribution in [3.8, 4) is 0 Å². The highest BCUT2D eigenvalue weighted by Gasteiger charge is 2.13. The first kappa shape index (κ1) is 14.6. The second-order valence-electron chi connectivity index (χ2n) is 4.31. The van der Waals surface area contributed by atoms with Crippen LogP contribution in [0.15, 0.2) is 29.0 Å². The number of hydrogen-bond acceptors (Lipinski definition) is 5. The molecule has 2 rings (SSSR count). The fraction of sp³-hybridized carbons (Fsp3) is 0.333. The van der Waals surface area contributed by atoms with Gasteiger partial charge in [0.2, 0.25) is 0 Å². The summed E-state index contributed by atoms with van der Waals surface area (Å²) in [5, 5.41) is 21.9. The SMILES string of the molecule is Cn1cnnc1CCNCc1ccc(Br)cc1[N+](=O)[O-]. The van der Waals surface area contributed by atoms with Crippen molar-refractivity contribution in [1.29, 1.82) is 0 Å². The molecule has 2 aromatic rings. The van der Waals surface area contributed by atoms with E-state index in [9.17, 15) is 10.1 Å². The van der Waals surface area contributed by atoms with Crippen LogP contribution in [0, 0.1) is 10.1 Å². The lowest BCUT2D eigenvalue weighted by Gasteiger charge is -2.06. The molecule has 0 bridgehead atoms. The third-order valence-electron chi connectivity index (χ3n) is 2.89. The van der Waals surface area contributed by atoms with Crippen LogP contribution >= 0.6 is 15.9 Å². The second kappa shape index (κ2) is 6.58. The maximum absolute atomic E-state index is 11.0. The Hall–Kier alpha value is -1.80. The van der Waals surface area contributed by atoms with Gasteiger partial charge < -0.3 is 9.88 Å². The maximum atomic E-state index is 11.0. The highest BCUT2D eigenvalue weighted by molar-refractivity contribution is 9.10. The number of nitro groups is 1. The predicted molar refractivity (Wildman–Crippen MR) is 77.2 cm³/mol. The Labute approximate surface area is 124 Å². The number of hydrogen-bond donors (Lipinski definition) is 1. The molecule has 0 aliphatic carbocycles. The average Bonchev–Trinajstić information content (AvgIpc) is 2.81. The Morgan fingerprint density at radius 1 is 1.50 bits per heavy atom. The molecule has 106 valence electrons. The molecule has 20 heavy (non-hydrogen) atoms. The van der Waals surface area contributed by atoms with E-state index in [1.165, 1.54) is 6.07 Å². The van der Waals surface area contributed by atoms with E-state index in [-0.39, 0.29) is 10.6 Å². The van der Waals surface area contributed by atoms with Gasteiger partial charge in [-0.05, 0) is 12.1 Å². The molecule has 0 radical (unpaired) electrons. The van der Waals surface area contributed by atoms with Crippen LogP contribution in [0.5, 0.6) is 0 Å². The smallest absolute Gasteiger partial charge is 0.275 e. The quantitative estimate of drug-likeness (QED) is 0.492. The minimum absolute atomic E-state index is 0.116. The molecule has 1 N–H and O–H groups in total. The van der Waals surface area contributed by atoms with E-state index in [2.05, 4.69) is 31.4 Å². The highest BCUT2D eigenvalue weighted by atomic mass is 79.9. The van der Waals surface area contributed by atoms with E-state index in [0.29, 0.717) is 23.1 Å². The molecule has 0 saturated carbocycles. The first-order valence-electron chi connectivity index (χ1n) is 6.04. The number of nitrogens with one attached hydrogen (secondary N) is 1. The van der Waals surface area contributed by atoms with Crippen molar-refractivity contribution in [3.63, 3.8) is 0 Å². The number of rotatable bonds is 6. The number of benzene rings is 1. The van der Waals surface area contributed by atoms with E-state index in [0.717, 1.165) is 12.2 Å². The Kier molecular flexibility index (Phi) is 4.80. The molecular weight excluding hydrogens is 326 g/mol. The summed E-state index contributed by atoms with van der Waals surface area (Å²) in [6.07, 6.45) is 2.37. The molecule has 0 saturated heterocycles. The van der Waals surface area contributed by atoms with Gasteiger partial charge in [0.05, 0.1) is 4.92 Å². The summed E-state index contributed by atoms with van der Waals surface area (Å²) >= 11 is 3.24. The lowest BCUT2D eigenvalue weighted by atomic mass is 10.2. The van der Waals surface area contributed by atoms with E-state index in [4.69, 9.17) is 0 Å². The molecule has 0 aliphatic rings. The fourth-order valence-corrected chi connectivity index (χ4v) is 2.16. The molecular formula is C12H14BrN5O2. The van der Waals surface area contributed by atoms with Crippen LogP contribution in [0.25, 0.3) is 0 Å². The summed E-state index contributed by atoms with van der Waals surface area (Å²) in [6.45, 7) is 1.13. The third-order valence-corrected chi connectivity index (χ3v) is 3.38. The monoisotopic (exact) mass is 339 g/mol. The van der Waals surface area contributed by atoms with Crippen molar-refractivity contribution < 1.29 is 4.92 Å². The zero-order chi connectivity index (χ0) is 14.5. The minimum atomic E-state index is -0.371. The normalized spacial score (nSPS) is 10.7. The number of nitrogens with zero attached hydrogens (tertiary/aromatic N) is 4. The molecule has 7 nitrogen and oxygen atoms in total. The van der Waals surface area contributed by atoms with E-state index < -0.39 is 0 Å². The van der Waals surface area contributed by atoms with Gasteiger partial charge in [0.1, 0.15) is 12.2 Å². The third kappa shape index (κ3) is 3.61.